The SMILES string of the molecule is CCCCN1CCCC(C)C(=N/C=C(\C)c2ccc(N(CC)CCC)cc2)C1=O. The third-order valence-electron chi connectivity index (χ3n) is 5.78. The lowest BCUT2D eigenvalue weighted by Crippen LogP contribution is -2.37. The number of allylic oxidation sites excluding steroid dienone is 1. The fourth-order valence-electron chi connectivity index (χ4n) is 3.86. The predicted octanol–water partition coefficient (Wildman–Crippen LogP) is 5.78. The number of carbonyl (C=O) groups is 1. The average Bonchev–Trinajstić information content (AvgIpc) is 2.86. The van der Waals surface area contributed by atoms with Gasteiger partial charge in [-0.2, -0.15) is 0 Å². The number of aliphatic imine (C=N–C) groups is 1. The number of anilines is 1. The van der Waals surface area contributed by atoms with Gasteiger partial charge in [0, 0.05) is 44.0 Å². The summed E-state index contributed by atoms with van der Waals surface area (Å²) >= 11 is 0. The molecule has 1 amide bonds. The van der Waals surface area contributed by atoms with Crippen LogP contribution in [0.3, 0.4) is 0 Å². The van der Waals surface area contributed by atoms with Gasteiger partial charge in [0.2, 0.25) is 0 Å². The van der Waals surface area contributed by atoms with Crippen LogP contribution in [0.25, 0.3) is 5.57 Å². The molecule has 0 N–H and O–H groups in total. The Labute approximate surface area is 177 Å². The van der Waals surface area contributed by atoms with E-state index in [4.69, 9.17) is 4.99 Å². The Bertz CT molecular complexity index is 703. The molecule has 29 heavy (non-hydrogen) atoms. The maximum atomic E-state index is 13.0. The lowest BCUT2D eigenvalue weighted by Gasteiger charge is -2.22. The molecule has 1 aliphatic heterocycles. The molecule has 0 aromatic heterocycles. The fraction of sp³-hybridized carbons (Fsp3) is 0.600. The molecule has 1 fully saturated rings. The third-order valence-corrected chi connectivity index (χ3v) is 5.78. The van der Waals surface area contributed by atoms with Crippen LogP contribution in [0.4, 0.5) is 5.69 Å². The zero-order valence-corrected chi connectivity index (χ0v) is 19.1. The van der Waals surface area contributed by atoms with Gasteiger partial charge in [0.25, 0.3) is 5.91 Å². The molecule has 1 aromatic rings. The molecular formula is C25H39N3O. The molecule has 160 valence electrons. The van der Waals surface area contributed by atoms with Crippen LogP contribution in [0.5, 0.6) is 0 Å². The average molecular weight is 398 g/mol. The summed E-state index contributed by atoms with van der Waals surface area (Å²) in [7, 11) is 0. The molecule has 0 spiro atoms. The van der Waals surface area contributed by atoms with Crippen molar-refractivity contribution in [2.24, 2.45) is 10.9 Å². The Morgan fingerprint density at radius 1 is 1.21 bits per heavy atom. The number of hydrogen-bond donors (Lipinski definition) is 0. The number of likely N-dealkylation sites (tertiary alicyclic amines) is 1. The van der Waals surface area contributed by atoms with E-state index in [1.807, 2.05) is 11.1 Å². The van der Waals surface area contributed by atoms with Gasteiger partial charge in [0.05, 0.1) is 0 Å². The summed E-state index contributed by atoms with van der Waals surface area (Å²) < 4.78 is 0. The summed E-state index contributed by atoms with van der Waals surface area (Å²) in [5.41, 5.74) is 4.22. The lowest BCUT2D eigenvalue weighted by atomic mass is 10.0. The second-order valence-electron chi connectivity index (χ2n) is 8.14. The maximum absolute atomic E-state index is 13.0. The normalized spacial score (nSPS) is 19.6. The topological polar surface area (TPSA) is 35.9 Å². The lowest BCUT2D eigenvalue weighted by molar-refractivity contribution is -0.124. The number of hydrogen-bond acceptors (Lipinski definition) is 3. The molecule has 1 saturated heterocycles. The highest BCUT2D eigenvalue weighted by Gasteiger charge is 2.27. The highest BCUT2D eigenvalue weighted by atomic mass is 16.2. The van der Waals surface area contributed by atoms with Crippen LogP contribution in [0.1, 0.15) is 72.3 Å². The molecule has 1 aromatic carbocycles. The standard InChI is InChI=1S/C25H39N3O/c1-6-9-17-28-18-10-11-20(4)24(25(28)29)26-19-21(5)22-12-14-23(15-13-22)27(8-3)16-7-2/h12-15,19-20H,6-11,16-18H2,1-5H3/b21-19+,26-24?. The number of rotatable bonds is 9. The van der Waals surface area contributed by atoms with Crippen molar-refractivity contribution in [1.29, 1.82) is 0 Å². The minimum Gasteiger partial charge on any atom is -0.372 e. The van der Waals surface area contributed by atoms with E-state index in [2.05, 4.69) is 63.8 Å². The van der Waals surface area contributed by atoms with Crippen LogP contribution in [0, 0.1) is 5.92 Å². The summed E-state index contributed by atoms with van der Waals surface area (Å²) in [6, 6.07) is 8.69. The summed E-state index contributed by atoms with van der Waals surface area (Å²) in [4.78, 5) is 22.1. The second kappa shape index (κ2) is 11.8. The molecule has 0 bridgehead atoms. The molecule has 4 nitrogen and oxygen atoms in total. The van der Waals surface area contributed by atoms with E-state index >= 15 is 0 Å². The van der Waals surface area contributed by atoms with Gasteiger partial charge < -0.3 is 9.80 Å². The van der Waals surface area contributed by atoms with Crippen molar-refractivity contribution in [3.8, 4) is 0 Å². The van der Waals surface area contributed by atoms with Gasteiger partial charge in [0.1, 0.15) is 5.71 Å². The number of nitrogens with zero attached hydrogens (tertiary/aromatic N) is 3. The maximum Gasteiger partial charge on any atom is 0.268 e. The van der Waals surface area contributed by atoms with Crippen LogP contribution in [0.2, 0.25) is 0 Å². The zero-order valence-electron chi connectivity index (χ0n) is 19.1. The Morgan fingerprint density at radius 3 is 2.55 bits per heavy atom. The van der Waals surface area contributed by atoms with E-state index in [-0.39, 0.29) is 11.8 Å². The molecule has 0 radical (unpaired) electrons. The Morgan fingerprint density at radius 2 is 1.93 bits per heavy atom. The van der Waals surface area contributed by atoms with E-state index in [9.17, 15) is 4.79 Å². The monoisotopic (exact) mass is 397 g/mol. The zero-order chi connectivity index (χ0) is 21.2. The smallest absolute Gasteiger partial charge is 0.268 e. The molecule has 1 unspecified atom stereocenters. The van der Waals surface area contributed by atoms with Crippen molar-refractivity contribution in [1.82, 2.24) is 4.90 Å². The van der Waals surface area contributed by atoms with E-state index < -0.39 is 0 Å². The Hall–Kier alpha value is -2.10. The van der Waals surface area contributed by atoms with E-state index in [1.54, 1.807) is 0 Å². The molecule has 0 aliphatic carbocycles. The van der Waals surface area contributed by atoms with Gasteiger partial charge in [-0.3, -0.25) is 9.79 Å². The van der Waals surface area contributed by atoms with Gasteiger partial charge in [-0.1, -0.05) is 39.3 Å². The fourth-order valence-corrected chi connectivity index (χ4v) is 3.86. The Balaban J connectivity index is 2.18. The first kappa shape index (κ1) is 23.2. The van der Waals surface area contributed by atoms with E-state index in [1.165, 1.54) is 5.69 Å². The largest absolute Gasteiger partial charge is 0.372 e. The van der Waals surface area contributed by atoms with E-state index in [0.717, 1.165) is 75.1 Å². The summed E-state index contributed by atoms with van der Waals surface area (Å²) in [6.45, 7) is 14.6. The van der Waals surface area contributed by atoms with Gasteiger partial charge in [0.15, 0.2) is 0 Å². The first-order valence-electron chi connectivity index (χ1n) is 11.4. The Kier molecular flexibility index (Phi) is 9.43. The van der Waals surface area contributed by atoms with Gasteiger partial charge in [-0.05, 0) is 62.8 Å². The summed E-state index contributed by atoms with van der Waals surface area (Å²) in [5, 5.41) is 0. The van der Waals surface area contributed by atoms with Crippen LogP contribution in [0.15, 0.2) is 35.5 Å². The molecule has 1 heterocycles. The van der Waals surface area contributed by atoms with Crippen LogP contribution < -0.4 is 4.90 Å². The quantitative estimate of drug-likeness (QED) is 0.529. The van der Waals surface area contributed by atoms with Gasteiger partial charge in [-0.15, -0.1) is 0 Å². The summed E-state index contributed by atoms with van der Waals surface area (Å²) in [5.74, 6) is 0.341. The van der Waals surface area contributed by atoms with E-state index in [0.29, 0.717) is 0 Å². The minimum absolute atomic E-state index is 0.126. The van der Waals surface area contributed by atoms with Crippen LogP contribution >= 0.6 is 0 Å². The first-order chi connectivity index (χ1) is 14.0. The molecule has 0 saturated carbocycles. The van der Waals surface area contributed by atoms with Crippen molar-refractivity contribution >= 4 is 22.9 Å². The first-order valence-corrected chi connectivity index (χ1v) is 11.4. The van der Waals surface area contributed by atoms with Crippen molar-refractivity contribution in [3.63, 3.8) is 0 Å². The molecule has 4 heteroatoms. The van der Waals surface area contributed by atoms with Crippen molar-refractivity contribution in [2.75, 3.05) is 31.1 Å². The van der Waals surface area contributed by atoms with Crippen molar-refractivity contribution in [2.45, 2.75) is 66.7 Å². The minimum atomic E-state index is 0.126. The number of amides is 1. The number of benzene rings is 1. The third kappa shape index (κ3) is 6.45. The van der Waals surface area contributed by atoms with Crippen molar-refractivity contribution in [3.05, 3.63) is 36.0 Å². The molecular weight excluding hydrogens is 358 g/mol. The van der Waals surface area contributed by atoms with Crippen molar-refractivity contribution < 1.29 is 4.79 Å². The highest BCUT2D eigenvalue weighted by Crippen LogP contribution is 2.22. The second-order valence-corrected chi connectivity index (χ2v) is 8.14. The van der Waals surface area contributed by atoms with Crippen LogP contribution in [-0.4, -0.2) is 42.7 Å². The summed E-state index contributed by atoms with van der Waals surface area (Å²) in [6.07, 6.45) is 7.28. The van der Waals surface area contributed by atoms with Gasteiger partial charge >= 0.3 is 0 Å². The molecule has 1 atom stereocenters. The predicted molar refractivity (Wildman–Crippen MR) is 126 cm³/mol. The number of unbranched alkanes of at least 4 members (excludes halogenated alkanes) is 1. The number of carbonyl (C=O) groups excluding carboxylic acids is 1. The molecule has 1 aliphatic rings. The highest BCUT2D eigenvalue weighted by molar-refractivity contribution is 6.39. The molecule has 2 rings (SSSR count). The van der Waals surface area contributed by atoms with Gasteiger partial charge in [-0.25, -0.2) is 0 Å². The van der Waals surface area contributed by atoms with Crippen LogP contribution in [-0.2, 0) is 4.79 Å².